The summed E-state index contributed by atoms with van der Waals surface area (Å²) in [6.07, 6.45) is 0. The summed E-state index contributed by atoms with van der Waals surface area (Å²) in [6, 6.07) is 4.96. The van der Waals surface area contributed by atoms with Crippen molar-refractivity contribution >= 4 is 34.9 Å². The molecule has 0 N–H and O–H groups in total. The highest BCUT2D eigenvalue weighted by Gasteiger charge is 2.16. The minimum atomic E-state index is 0.308. The molecule has 0 unspecified atom stereocenters. The van der Waals surface area contributed by atoms with Crippen LogP contribution in [0.4, 0.5) is 0 Å². The highest BCUT2D eigenvalue weighted by atomic mass is 35.5. The average molecular weight is 194 g/mol. The summed E-state index contributed by atoms with van der Waals surface area (Å²) < 4.78 is 10.3. The van der Waals surface area contributed by atoms with Crippen LogP contribution >= 0.6 is 23.2 Å². The van der Waals surface area contributed by atoms with E-state index in [1.807, 2.05) is 0 Å². The van der Waals surface area contributed by atoms with E-state index in [1.165, 1.54) is 0 Å². The number of rotatable bonds is 1. The molecule has 10 heavy (non-hydrogen) atoms. The molecule has 0 bridgehead atoms. The fourth-order valence-corrected chi connectivity index (χ4v) is 1.44. The van der Waals surface area contributed by atoms with E-state index < -0.39 is 0 Å². The van der Waals surface area contributed by atoms with Gasteiger partial charge in [0.05, 0.1) is 0 Å². The third kappa shape index (κ3) is 1.45. The second-order valence-electron chi connectivity index (χ2n) is 1.63. The molecule has 0 fully saturated rings. The van der Waals surface area contributed by atoms with Crippen LogP contribution in [0.3, 0.4) is 0 Å². The Morgan fingerprint density at radius 3 is 2.00 bits per heavy atom. The predicted octanol–water partition coefficient (Wildman–Crippen LogP) is 2.78. The highest BCUT2D eigenvalue weighted by Crippen LogP contribution is 2.23. The Hall–Kier alpha value is -0.180. The lowest BCUT2D eigenvalue weighted by atomic mass is 10.4. The zero-order valence-corrected chi connectivity index (χ0v) is 7.13. The van der Waals surface area contributed by atoms with Crippen molar-refractivity contribution in [3.63, 3.8) is 0 Å². The van der Waals surface area contributed by atoms with E-state index in [1.54, 1.807) is 18.2 Å². The lowest BCUT2D eigenvalue weighted by Crippen LogP contribution is -1.76. The second-order valence-corrected chi connectivity index (χ2v) is 3.02. The Morgan fingerprint density at radius 1 is 1.20 bits per heavy atom. The lowest BCUT2D eigenvalue weighted by molar-refractivity contribution is 0.605. The van der Waals surface area contributed by atoms with Gasteiger partial charge in [-0.25, -0.2) is 0 Å². The van der Waals surface area contributed by atoms with Crippen LogP contribution < -0.4 is 0 Å². The molecule has 4 heteroatoms. The summed E-state index contributed by atoms with van der Waals surface area (Å²) in [7, 11) is 0. The third-order valence-electron chi connectivity index (χ3n) is 1.00. The number of halogens is 2. The molecule has 0 radical (unpaired) electrons. The van der Waals surface area contributed by atoms with Crippen molar-refractivity contribution in [2.45, 2.75) is 4.90 Å². The molecule has 52 valence electrons. The van der Waals surface area contributed by atoms with Crippen molar-refractivity contribution in [3.05, 3.63) is 28.2 Å². The first kappa shape index (κ1) is 7.92. The van der Waals surface area contributed by atoms with E-state index >= 15 is 0 Å². The molecule has 0 amide bonds. The van der Waals surface area contributed by atoms with Gasteiger partial charge in [0, 0.05) is 4.21 Å². The Morgan fingerprint density at radius 2 is 1.70 bits per heavy atom. The van der Waals surface area contributed by atoms with Crippen LogP contribution in [-0.4, -0.2) is 0 Å². The number of hydrogen-bond acceptors (Lipinski definition) is 1. The van der Waals surface area contributed by atoms with Crippen LogP contribution in [0.1, 0.15) is 0 Å². The van der Waals surface area contributed by atoms with E-state index in [-0.39, 0.29) is 0 Å². The SMILES string of the molecule is O=[S+]c1c(Cl)cccc1Cl. The van der Waals surface area contributed by atoms with Gasteiger partial charge in [-0.05, 0) is 12.1 Å². The molecule has 0 aliphatic heterocycles. The molecule has 1 aromatic rings. The first-order valence-corrected chi connectivity index (χ1v) is 3.99. The summed E-state index contributed by atoms with van der Waals surface area (Å²) in [4.78, 5) is 0.394. The van der Waals surface area contributed by atoms with Gasteiger partial charge in [0.2, 0.25) is 0 Å². The fourth-order valence-electron chi connectivity index (χ4n) is 0.562. The molecule has 1 aromatic carbocycles. The molecule has 0 aromatic heterocycles. The van der Waals surface area contributed by atoms with Gasteiger partial charge in [0.1, 0.15) is 10.0 Å². The van der Waals surface area contributed by atoms with Gasteiger partial charge in [-0.3, -0.25) is 0 Å². The zero-order chi connectivity index (χ0) is 7.56. The van der Waals surface area contributed by atoms with Crippen LogP contribution in [0.5, 0.6) is 0 Å². The summed E-state index contributed by atoms with van der Waals surface area (Å²) in [6.45, 7) is 0. The van der Waals surface area contributed by atoms with Gasteiger partial charge in [-0.1, -0.05) is 29.3 Å². The molecular formula is C6H3Cl2OS+. The molecule has 0 saturated carbocycles. The van der Waals surface area contributed by atoms with Gasteiger partial charge in [-0.2, -0.15) is 0 Å². The summed E-state index contributed by atoms with van der Waals surface area (Å²) >= 11 is 11.6. The predicted molar refractivity (Wildman–Crippen MR) is 42.8 cm³/mol. The maximum atomic E-state index is 10.3. The van der Waals surface area contributed by atoms with Gasteiger partial charge in [0.15, 0.2) is 0 Å². The second kappa shape index (κ2) is 3.28. The van der Waals surface area contributed by atoms with Gasteiger partial charge in [-0.15, -0.1) is 0 Å². The molecular weight excluding hydrogens is 191 g/mol. The Balaban J connectivity index is 3.30. The van der Waals surface area contributed by atoms with Crippen LogP contribution in [0.15, 0.2) is 23.1 Å². The van der Waals surface area contributed by atoms with Crippen LogP contribution in [0, 0.1) is 0 Å². The Labute approximate surface area is 72.4 Å². The average Bonchev–Trinajstić information content (AvgIpc) is 1.88. The van der Waals surface area contributed by atoms with Crippen molar-refractivity contribution < 1.29 is 4.21 Å². The van der Waals surface area contributed by atoms with Crippen LogP contribution in [0.25, 0.3) is 0 Å². The van der Waals surface area contributed by atoms with E-state index in [0.717, 1.165) is 0 Å². The third-order valence-corrected chi connectivity index (χ3v) is 2.46. The van der Waals surface area contributed by atoms with Crippen molar-refractivity contribution in [1.82, 2.24) is 0 Å². The molecule has 0 spiro atoms. The molecule has 0 saturated heterocycles. The fraction of sp³-hybridized carbons (Fsp3) is 0. The van der Waals surface area contributed by atoms with Crippen molar-refractivity contribution in [2.75, 3.05) is 0 Å². The number of benzene rings is 1. The van der Waals surface area contributed by atoms with Gasteiger partial charge < -0.3 is 0 Å². The molecule has 1 nitrogen and oxygen atoms in total. The van der Waals surface area contributed by atoms with Crippen LogP contribution in [0.2, 0.25) is 10.0 Å². The lowest BCUT2D eigenvalue weighted by Gasteiger charge is -1.85. The van der Waals surface area contributed by atoms with E-state index in [4.69, 9.17) is 23.2 Å². The van der Waals surface area contributed by atoms with Crippen molar-refractivity contribution in [2.24, 2.45) is 0 Å². The highest BCUT2D eigenvalue weighted by molar-refractivity contribution is 7.66. The van der Waals surface area contributed by atoms with E-state index in [2.05, 4.69) is 0 Å². The summed E-state index contributed by atoms with van der Waals surface area (Å²) in [5.41, 5.74) is 0. The summed E-state index contributed by atoms with van der Waals surface area (Å²) in [5.74, 6) is 0. The largest absolute Gasteiger partial charge is 0.508 e. The maximum absolute atomic E-state index is 10.3. The molecule has 0 aliphatic rings. The van der Waals surface area contributed by atoms with E-state index in [0.29, 0.717) is 26.6 Å². The van der Waals surface area contributed by atoms with Crippen molar-refractivity contribution in [3.8, 4) is 0 Å². The zero-order valence-electron chi connectivity index (χ0n) is 4.80. The molecule has 1 rings (SSSR count). The minimum Gasteiger partial charge on any atom is -0.0779 e. The minimum absolute atomic E-state index is 0.308. The van der Waals surface area contributed by atoms with Gasteiger partial charge >= 0.3 is 16.6 Å². The normalized spacial score (nSPS) is 9.40. The monoisotopic (exact) mass is 193 g/mol. The van der Waals surface area contributed by atoms with Gasteiger partial charge in [0.25, 0.3) is 0 Å². The molecule has 0 aliphatic carbocycles. The summed E-state index contributed by atoms with van der Waals surface area (Å²) in [5, 5.41) is 0.819. The quantitative estimate of drug-likeness (QED) is 0.628. The molecule has 0 heterocycles. The van der Waals surface area contributed by atoms with Crippen LogP contribution in [-0.2, 0) is 15.9 Å². The Bertz CT molecular complexity index is 242. The molecule has 0 atom stereocenters. The number of hydrogen-bond donors (Lipinski definition) is 0. The smallest absolute Gasteiger partial charge is 0.0779 e. The maximum Gasteiger partial charge on any atom is 0.508 e. The van der Waals surface area contributed by atoms with Crippen molar-refractivity contribution in [1.29, 1.82) is 0 Å². The first-order valence-electron chi connectivity index (χ1n) is 2.49. The topological polar surface area (TPSA) is 17.1 Å². The standard InChI is InChI=1S/C6H3Cl2OS/c7-4-2-1-3-5(8)6(4)10-9/h1-3H/q+1. The Kier molecular flexibility index (Phi) is 2.60. The van der Waals surface area contributed by atoms with E-state index in [9.17, 15) is 4.21 Å². The first-order chi connectivity index (χ1) is 4.75.